The van der Waals surface area contributed by atoms with E-state index in [1.54, 1.807) is 0 Å². The van der Waals surface area contributed by atoms with Crippen molar-refractivity contribution < 1.29 is 14.6 Å². The lowest BCUT2D eigenvalue weighted by molar-refractivity contribution is -0.122. The first-order chi connectivity index (χ1) is 9.47. The molecule has 1 saturated carbocycles. The monoisotopic (exact) mass is 285 g/mol. The van der Waals surface area contributed by atoms with E-state index >= 15 is 0 Å². The molecule has 2 N–H and O–H groups in total. The van der Waals surface area contributed by atoms with Gasteiger partial charge in [0.25, 0.3) is 0 Å². The smallest absolute Gasteiger partial charge is 0.222 e. The van der Waals surface area contributed by atoms with E-state index in [1.165, 1.54) is 0 Å². The van der Waals surface area contributed by atoms with E-state index in [-0.39, 0.29) is 18.1 Å². The van der Waals surface area contributed by atoms with Crippen LogP contribution in [0.3, 0.4) is 0 Å². The number of carbonyl (C=O) groups is 1. The van der Waals surface area contributed by atoms with Crippen LogP contribution in [0.25, 0.3) is 0 Å². The van der Waals surface area contributed by atoms with Crippen molar-refractivity contribution in [2.45, 2.75) is 71.5 Å². The summed E-state index contributed by atoms with van der Waals surface area (Å²) in [5, 5.41) is 12.5. The van der Waals surface area contributed by atoms with Gasteiger partial charge in [-0.25, -0.2) is 0 Å². The highest BCUT2D eigenvalue weighted by Gasteiger charge is 2.20. The summed E-state index contributed by atoms with van der Waals surface area (Å²) >= 11 is 0. The maximum absolute atomic E-state index is 11.7. The molecule has 20 heavy (non-hydrogen) atoms. The number of amides is 1. The highest BCUT2D eigenvalue weighted by molar-refractivity contribution is 5.75. The minimum Gasteiger partial charge on any atom is -0.393 e. The predicted octanol–water partition coefficient (Wildman–Crippen LogP) is 2.50. The molecule has 118 valence electrons. The van der Waals surface area contributed by atoms with Gasteiger partial charge in [-0.05, 0) is 44.4 Å². The van der Waals surface area contributed by atoms with Crippen LogP contribution < -0.4 is 5.32 Å². The van der Waals surface area contributed by atoms with Crippen molar-refractivity contribution in [3.8, 4) is 0 Å². The Balaban J connectivity index is 2.05. The number of carbonyl (C=O) groups excluding carboxylic acids is 1. The van der Waals surface area contributed by atoms with Gasteiger partial charge < -0.3 is 15.2 Å². The summed E-state index contributed by atoms with van der Waals surface area (Å²) < 4.78 is 5.63. The Morgan fingerprint density at radius 1 is 1.35 bits per heavy atom. The second-order valence-corrected chi connectivity index (χ2v) is 6.55. The standard InChI is InChI=1S/C16H31NO3/c1-12(2)9-13(3)20-8-7-16(19)17-11-14-5-4-6-15(18)10-14/h12-15,18H,4-11H2,1-3H3,(H,17,19). The van der Waals surface area contributed by atoms with Crippen LogP contribution in [-0.2, 0) is 9.53 Å². The van der Waals surface area contributed by atoms with Crippen molar-refractivity contribution in [1.82, 2.24) is 5.32 Å². The summed E-state index contributed by atoms with van der Waals surface area (Å²) in [6.45, 7) is 7.59. The van der Waals surface area contributed by atoms with Gasteiger partial charge in [-0.3, -0.25) is 4.79 Å². The van der Waals surface area contributed by atoms with Crippen LogP contribution in [0.1, 0.15) is 59.3 Å². The minimum atomic E-state index is -0.175. The Morgan fingerprint density at radius 2 is 2.10 bits per heavy atom. The summed E-state index contributed by atoms with van der Waals surface area (Å²) in [7, 11) is 0. The molecule has 0 aliphatic heterocycles. The van der Waals surface area contributed by atoms with Gasteiger partial charge >= 0.3 is 0 Å². The van der Waals surface area contributed by atoms with E-state index in [4.69, 9.17) is 4.74 Å². The van der Waals surface area contributed by atoms with Gasteiger partial charge in [0.15, 0.2) is 0 Å². The number of hydrogen-bond donors (Lipinski definition) is 2. The van der Waals surface area contributed by atoms with Crippen LogP contribution in [0.2, 0.25) is 0 Å². The Kier molecular flexibility index (Phi) is 8.15. The zero-order chi connectivity index (χ0) is 15.0. The fraction of sp³-hybridized carbons (Fsp3) is 0.938. The molecule has 4 heteroatoms. The molecule has 0 heterocycles. The molecule has 3 unspecified atom stereocenters. The molecule has 0 aromatic carbocycles. The van der Waals surface area contributed by atoms with Gasteiger partial charge in [-0.1, -0.05) is 20.3 Å². The van der Waals surface area contributed by atoms with E-state index in [1.807, 2.05) is 0 Å². The molecule has 0 aromatic rings. The molecule has 0 radical (unpaired) electrons. The summed E-state index contributed by atoms with van der Waals surface area (Å²) in [6.07, 6.45) is 5.41. The normalized spacial score (nSPS) is 24.6. The number of hydrogen-bond acceptors (Lipinski definition) is 3. The van der Waals surface area contributed by atoms with Gasteiger partial charge in [0, 0.05) is 13.0 Å². The van der Waals surface area contributed by atoms with E-state index in [2.05, 4.69) is 26.1 Å². The number of aliphatic hydroxyl groups is 1. The lowest BCUT2D eigenvalue weighted by atomic mass is 9.87. The van der Waals surface area contributed by atoms with E-state index < -0.39 is 0 Å². The first kappa shape index (κ1) is 17.4. The first-order valence-corrected chi connectivity index (χ1v) is 8.03. The molecule has 0 bridgehead atoms. The fourth-order valence-electron chi connectivity index (χ4n) is 2.88. The molecule has 1 fully saturated rings. The summed E-state index contributed by atoms with van der Waals surface area (Å²) in [5.74, 6) is 1.11. The Bertz CT molecular complexity index is 281. The molecule has 4 nitrogen and oxygen atoms in total. The van der Waals surface area contributed by atoms with Crippen LogP contribution in [0.4, 0.5) is 0 Å². The van der Waals surface area contributed by atoms with Gasteiger partial charge in [0.2, 0.25) is 5.91 Å². The third kappa shape index (κ3) is 7.85. The second kappa shape index (κ2) is 9.35. The molecule has 1 rings (SSSR count). The van der Waals surface area contributed by atoms with Crippen LogP contribution in [0, 0.1) is 11.8 Å². The predicted molar refractivity (Wildman–Crippen MR) is 80.5 cm³/mol. The van der Waals surface area contributed by atoms with Crippen LogP contribution in [0.5, 0.6) is 0 Å². The van der Waals surface area contributed by atoms with Crippen molar-refractivity contribution in [3.05, 3.63) is 0 Å². The van der Waals surface area contributed by atoms with Crippen molar-refractivity contribution in [3.63, 3.8) is 0 Å². The molecular formula is C16H31NO3. The van der Waals surface area contributed by atoms with Crippen LogP contribution in [-0.4, -0.2) is 36.4 Å². The maximum Gasteiger partial charge on any atom is 0.222 e. The Morgan fingerprint density at radius 3 is 2.75 bits per heavy atom. The number of aliphatic hydroxyl groups excluding tert-OH is 1. The Labute approximate surface area is 123 Å². The zero-order valence-corrected chi connectivity index (χ0v) is 13.2. The molecule has 0 spiro atoms. The van der Waals surface area contributed by atoms with Crippen LogP contribution >= 0.6 is 0 Å². The largest absolute Gasteiger partial charge is 0.393 e. The average molecular weight is 285 g/mol. The van der Waals surface area contributed by atoms with E-state index in [0.29, 0.717) is 31.4 Å². The van der Waals surface area contributed by atoms with Gasteiger partial charge in [0.1, 0.15) is 0 Å². The van der Waals surface area contributed by atoms with Crippen LogP contribution in [0.15, 0.2) is 0 Å². The average Bonchev–Trinajstić information content (AvgIpc) is 2.35. The molecular weight excluding hydrogens is 254 g/mol. The zero-order valence-electron chi connectivity index (χ0n) is 13.2. The molecule has 1 aliphatic rings. The quantitative estimate of drug-likeness (QED) is 0.720. The summed E-state index contributed by atoms with van der Waals surface area (Å²) in [6, 6.07) is 0. The summed E-state index contributed by atoms with van der Waals surface area (Å²) in [4.78, 5) is 11.7. The maximum atomic E-state index is 11.7. The fourth-order valence-corrected chi connectivity index (χ4v) is 2.88. The molecule has 3 atom stereocenters. The molecule has 0 saturated heterocycles. The molecule has 1 aliphatic carbocycles. The van der Waals surface area contributed by atoms with Gasteiger partial charge in [-0.2, -0.15) is 0 Å². The van der Waals surface area contributed by atoms with Crippen molar-refractivity contribution in [2.75, 3.05) is 13.2 Å². The van der Waals surface area contributed by atoms with E-state index in [9.17, 15) is 9.90 Å². The summed E-state index contributed by atoms with van der Waals surface area (Å²) in [5.41, 5.74) is 0. The highest BCUT2D eigenvalue weighted by atomic mass is 16.5. The van der Waals surface area contributed by atoms with Gasteiger partial charge in [-0.15, -0.1) is 0 Å². The molecule has 0 aromatic heterocycles. The minimum absolute atomic E-state index is 0.0572. The van der Waals surface area contributed by atoms with Crippen molar-refractivity contribution >= 4 is 5.91 Å². The number of rotatable bonds is 8. The second-order valence-electron chi connectivity index (χ2n) is 6.55. The lowest BCUT2D eigenvalue weighted by Crippen LogP contribution is -2.33. The number of nitrogens with one attached hydrogen (secondary N) is 1. The SMILES string of the molecule is CC(C)CC(C)OCCC(=O)NCC1CCCC(O)C1. The van der Waals surface area contributed by atoms with Crippen molar-refractivity contribution in [2.24, 2.45) is 11.8 Å². The van der Waals surface area contributed by atoms with Crippen molar-refractivity contribution in [1.29, 1.82) is 0 Å². The first-order valence-electron chi connectivity index (χ1n) is 8.03. The lowest BCUT2D eigenvalue weighted by Gasteiger charge is -2.25. The molecule has 1 amide bonds. The van der Waals surface area contributed by atoms with Gasteiger partial charge in [0.05, 0.1) is 18.8 Å². The topological polar surface area (TPSA) is 58.6 Å². The third-order valence-electron chi connectivity index (χ3n) is 3.88. The van der Waals surface area contributed by atoms with E-state index in [0.717, 1.165) is 32.1 Å². The number of ether oxygens (including phenoxy) is 1. The Hall–Kier alpha value is -0.610. The third-order valence-corrected chi connectivity index (χ3v) is 3.88. The highest BCUT2D eigenvalue weighted by Crippen LogP contribution is 2.23.